The van der Waals surface area contributed by atoms with E-state index in [9.17, 15) is 14.4 Å². The van der Waals surface area contributed by atoms with Crippen molar-refractivity contribution in [2.75, 3.05) is 19.6 Å². The number of fused-ring (bicyclic) bond motifs is 1. The fourth-order valence-corrected chi connectivity index (χ4v) is 3.48. The van der Waals surface area contributed by atoms with Crippen LogP contribution in [0, 0.1) is 11.8 Å². The van der Waals surface area contributed by atoms with Gasteiger partial charge in [0.15, 0.2) is 0 Å². The third-order valence-corrected chi connectivity index (χ3v) is 4.65. The summed E-state index contributed by atoms with van der Waals surface area (Å²) in [4.78, 5) is 41.6. The SMILES string of the molecule is CC1(C)C2CNCC2CN1C(=O)c1c[nH]c(=O)[nH]c1=O. The lowest BCUT2D eigenvalue weighted by Crippen LogP contribution is -2.49. The van der Waals surface area contributed by atoms with Crippen molar-refractivity contribution in [2.45, 2.75) is 19.4 Å². The summed E-state index contributed by atoms with van der Waals surface area (Å²) >= 11 is 0. The van der Waals surface area contributed by atoms with E-state index in [0.717, 1.165) is 13.1 Å². The Kier molecular flexibility index (Phi) is 2.82. The van der Waals surface area contributed by atoms with Crippen LogP contribution in [0.5, 0.6) is 0 Å². The fourth-order valence-electron chi connectivity index (χ4n) is 3.48. The van der Waals surface area contributed by atoms with Crippen molar-refractivity contribution in [3.63, 3.8) is 0 Å². The number of carbonyl (C=O) groups is 1. The lowest BCUT2D eigenvalue weighted by Gasteiger charge is -2.35. The lowest BCUT2D eigenvalue weighted by atomic mass is 9.85. The Morgan fingerprint density at radius 1 is 1.35 bits per heavy atom. The molecule has 2 unspecified atom stereocenters. The van der Waals surface area contributed by atoms with Crippen molar-refractivity contribution in [3.05, 3.63) is 32.6 Å². The molecule has 2 fully saturated rings. The molecule has 3 rings (SSSR count). The maximum Gasteiger partial charge on any atom is 0.325 e. The molecule has 0 aromatic carbocycles. The summed E-state index contributed by atoms with van der Waals surface area (Å²) in [6, 6.07) is 0. The molecule has 0 spiro atoms. The molecule has 7 heteroatoms. The average molecular weight is 278 g/mol. The zero-order valence-corrected chi connectivity index (χ0v) is 11.5. The molecule has 20 heavy (non-hydrogen) atoms. The van der Waals surface area contributed by atoms with Crippen molar-refractivity contribution in [3.8, 4) is 0 Å². The van der Waals surface area contributed by atoms with Gasteiger partial charge in [0.05, 0.1) is 0 Å². The standard InChI is InChI=1S/C13H18N4O3/c1-13(2)9-5-14-3-7(9)6-17(13)11(19)8-4-15-12(20)16-10(8)18/h4,7,9,14H,3,5-6H2,1-2H3,(H2,15,16,18,20). The van der Waals surface area contributed by atoms with Crippen LogP contribution in [-0.2, 0) is 0 Å². The van der Waals surface area contributed by atoms with Gasteiger partial charge in [-0.3, -0.25) is 14.6 Å². The van der Waals surface area contributed by atoms with E-state index in [-0.39, 0.29) is 17.0 Å². The van der Waals surface area contributed by atoms with Gasteiger partial charge >= 0.3 is 5.69 Å². The van der Waals surface area contributed by atoms with Crippen LogP contribution in [0.1, 0.15) is 24.2 Å². The molecular formula is C13H18N4O3. The molecule has 3 N–H and O–H groups in total. The predicted octanol–water partition coefficient (Wildman–Crippen LogP) is -0.867. The van der Waals surface area contributed by atoms with E-state index >= 15 is 0 Å². The van der Waals surface area contributed by atoms with Crippen molar-refractivity contribution >= 4 is 5.91 Å². The number of rotatable bonds is 1. The molecule has 3 heterocycles. The third-order valence-electron chi connectivity index (χ3n) is 4.65. The highest BCUT2D eigenvalue weighted by Crippen LogP contribution is 2.40. The quantitative estimate of drug-likeness (QED) is 0.622. The number of nitrogens with zero attached hydrogens (tertiary/aromatic N) is 1. The van der Waals surface area contributed by atoms with Gasteiger partial charge in [-0.05, 0) is 25.7 Å². The van der Waals surface area contributed by atoms with Gasteiger partial charge in [-0.25, -0.2) is 4.79 Å². The zero-order chi connectivity index (χ0) is 14.5. The van der Waals surface area contributed by atoms with E-state index in [0.29, 0.717) is 18.4 Å². The average Bonchev–Trinajstić information content (AvgIpc) is 2.91. The number of nitrogens with one attached hydrogen (secondary N) is 3. The van der Waals surface area contributed by atoms with Gasteiger partial charge in [0.1, 0.15) is 5.56 Å². The molecule has 0 aliphatic carbocycles. The molecular weight excluding hydrogens is 260 g/mol. The monoisotopic (exact) mass is 278 g/mol. The number of hydrogen-bond acceptors (Lipinski definition) is 4. The summed E-state index contributed by atoms with van der Waals surface area (Å²) in [6.45, 7) is 6.50. The second-order valence-corrected chi connectivity index (χ2v) is 6.08. The van der Waals surface area contributed by atoms with Crippen molar-refractivity contribution < 1.29 is 4.79 Å². The first-order valence-corrected chi connectivity index (χ1v) is 6.76. The minimum atomic E-state index is -0.635. The van der Waals surface area contributed by atoms with E-state index in [1.165, 1.54) is 6.20 Å². The van der Waals surface area contributed by atoms with E-state index < -0.39 is 11.2 Å². The first kappa shape index (κ1) is 13.1. The van der Waals surface area contributed by atoms with E-state index in [1.54, 1.807) is 4.90 Å². The van der Waals surface area contributed by atoms with Crippen molar-refractivity contribution in [1.82, 2.24) is 20.2 Å². The Hall–Kier alpha value is -1.89. The van der Waals surface area contributed by atoms with Crippen LogP contribution < -0.4 is 16.6 Å². The normalized spacial score (nSPS) is 27.6. The highest BCUT2D eigenvalue weighted by atomic mass is 16.2. The lowest BCUT2D eigenvalue weighted by molar-refractivity contribution is 0.0601. The van der Waals surface area contributed by atoms with Crippen LogP contribution in [-0.4, -0.2) is 45.9 Å². The van der Waals surface area contributed by atoms with Crippen LogP contribution in [0.3, 0.4) is 0 Å². The Morgan fingerprint density at radius 3 is 2.75 bits per heavy atom. The van der Waals surface area contributed by atoms with Crippen LogP contribution in [0.25, 0.3) is 0 Å². The molecule has 2 atom stereocenters. The Bertz CT molecular complexity index is 660. The van der Waals surface area contributed by atoms with Gasteiger partial charge in [0, 0.05) is 31.4 Å². The molecule has 2 aliphatic heterocycles. The summed E-state index contributed by atoms with van der Waals surface area (Å²) in [7, 11) is 0. The number of hydrogen-bond donors (Lipinski definition) is 3. The zero-order valence-electron chi connectivity index (χ0n) is 11.5. The molecule has 2 saturated heterocycles. The predicted molar refractivity (Wildman–Crippen MR) is 72.6 cm³/mol. The number of carbonyl (C=O) groups excluding carboxylic acids is 1. The number of likely N-dealkylation sites (tertiary alicyclic amines) is 1. The summed E-state index contributed by atoms with van der Waals surface area (Å²) < 4.78 is 0. The van der Waals surface area contributed by atoms with Gasteiger partial charge in [0.25, 0.3) is 11.5 Å². The Balaban J connectivity index is 1.95. The van der Waals surface area contributed by atoms with Crippen molar-refractivity contribution in [1.29, 1.82) is 0 Å². The molecule has 0 saturated carbocycles. The van der Waals surface area contributed by atoms with Gasteiger partial charge in [-0.15, -0.1) is 0 Å². The number of H-pyrrole nitrogens is 2. The van der Waals surface area contributed by atoms with Gasteiger partial charge in [0.2, 0.25) is 0 Å². The molecule has 108 valence electrons. The third kappa shape index (κ3) is 1.81. The molecule has 1 aromatic rings. The smallest absolute Gasteiger partial charge is 0.325 e. The first-order chi connectivity index (χ1) is 9.41. The van der Waals surface area contributed by atoms with Crippen LogP contribution in [0.4, 0.5) is 0 Å². The van der Waals surface area contributed by atoms with Crippen molar-refractivity contribution in [2.24, 2.45) is 11.8 Å². The summed E-state index contributed by atoms with van der Waals surface area (Å²) in [5.41, 5.74) is -1.54. The molecule has 2 aliphatic rings. The fraction of sp³-hybridized carbons (Fsp3) is 0.615. The maximum absolute atomic E-state index is 12.6. The maximum atomic E-state index is 12.6. The topological polar surface area (TPSA) is 98.1 Å². The van der Waals surface area contributed by atoms with Gasteiger partial charge < -0.3 is 15.2 Å². The van der Waals surface area contributed by atoms with Gasteiger partial charge in [-0.2, -0.15) is 0 Å². The second-order valence-electron chi connectivity index (χ2n) is 6.08. The summed E-state index contributed by atoms with van der Waals surface area (Å²) in [6.07, 6.45) is 1.20. The first-order valence-electron chi connectivity index (χ1n) is 6.76. The minimum Gasteiger partial charge on any atom is -0.333 e. The largest absolute Gasteiger partial charge is 0.333 e. The minimum absolute atomic E-state index is 0.00870. The van der Waals surface area contributed by atoms with Gasteiger partial charge in [-0.1, -0.05) is 0 Å². The van der Waals surface area contributed by atoms with Crippen LogP contribution in [0.15, 0.2) is 15.8 Å². The Morgan fingerprint density at radius 2 is 2.10 bits per heavy atom. The van der Waals surface area contributed by atoms with Crippen LogP contribution in [0.2, 0.25) is 0 Å². The highest BCUT2D eigenvalue weighted by molar-refractivity contribution is 5.94. The molecule has 0 bridgehead atoms. The van der Waals surface area contributed by atoms with E-state index in [2.05, 4.69) is 15.3 Å². The summed E-state index contributed by atoms with van der Waals surface area (Å²) in [5, 5.41) is 3.34. The molecule has 1 amide bonds. The Labute approximate surface area is 115 Å². The molecule has 1 aromatic heterocycles. The molecule has 7 nitrogen and oxygen atoms in total. The number of aromatic amines is 2. The van der Waals surface area contributed by atoms with E-state index in [1.807, 2.05) is 13.8 Å². The summed E-state index contributed by atoms with van der Waals surface area (Å²) in [5.74, 6) is 0.506. The number of amides is 1. The van der Waals surface area contributed by atoms with Crippen LogP contribution >= 0.6 is 0 Å². The highest BCUT2D eigenvalue weighted by Gasteiger charge is 2.51. The number of aromatic nitrogens is 2. The second kappa shape index (κ2) is 4.31. The van der Waals surface area contributed by atoms with E-state index in [4.69, 9.17) is 0 Å². The molecule has 0 radical (unpaired) electrons.